The summed E-state index contributed by atoms with van der Waals surface area (Å²) in [6, 6.07) is 26.2. The van der Waals surface area contributed by atoms with Gasteiger partial charge in [-0.15, -0.1) is 0 Å². The van der Waals surface area contributed by atoms with E-state index in [1.807, 2.05) is 42.5 Å². The molecule has 0 aromatic heterocycles. The number of aliphatic imine (C=N–C) groups is 1. The normalized spacial score (nSPS) is 17.6. The molecule has 10 heteroatoms. The number of amides is 1. The Labute approximate surface area is 274 Å². The Morgan fingerprint density at radius 1 is 1.05 bits per heavy atom. The molecule has 0 bridgehead atoms. The first kappa shape index (κ1) is 32.0. The van der Waals surface area contributed by atoms with Crippen LogP contribution in [0.2, 0.25) is 10.0 Å². The van der Waals surface area contributed by atoms with E-state index in [9.17, 15) is 9.18 Å². The summed E-state index contributed by atoms with van der Waals surface area (Å²) in [5.41, 5.74) is 1.36. The number of benzene rings is 4. The maximum atomic E-state index is 14.4. The van der Waals surface area contributed by atoms with Gasteiger partial charge in [-0.05, 0) is 72.1 Å². The smallest absolute Gasteiger partial charge is 0.252 e. The molecule has 0 aliphatic carbocycles. The average molecular weight is 700 g/mol. The summed E-state index contributed by atoms with van der Waals surface area (Å²) in [6.45, 7) is 0.683. The second kappa shape index (κ2) is 14.6. The minimum Gasteiger partial charge on any atom is -0.494 e. The molecule has 0 saturated heterocycles. The largest absolute Gasteiger partial charge is 0.494 e. The number of nitrogens with zero attached hydrogens (tertiary/aromatic N) is 1. The van der Waals surface area contributed by atoms with Gasteiger partial charge in [0, 0.05) is 51.6 Å². The van der Waals surface area contributed by atoms with Crippen molar-refractivity contribution in [2.24, 2.45) is 4.99 Å². The van der Waals surface area contributed by atoms with Crippen molar-refractivity contribution in [1.29, 1.82) is 0 Å². The van der Waals surface area contributed by atoms with Crippen LogP contribution in [0.4, 0.5) is 4.39 Å². The second-order valence-electron chi connectivity index (χ2n) is 10.4. The lowest BCUT2D eigenvalue weighted by molar-refractivity contribution is -0.128. The summed E-state index contributed by atoms with van der Waals surface area (Å²) in [4.78, 5) is 19.4. The number of hydrogen-bond donors (Lipinski definition) is 2. The van der Waals surface area contributed by atoms with Gasteiger partial charge in [0.05, 0.1) is 6.61 Å². The molecule has 4 aromatic carbocycles. The molecule has 2 N–H and O–H groups in total. The maximum absolute atomic E-state index is 14.4. The molecule has 1 heterocycles. The Hall–Kier alpha value is -3.43. The average Bonchev–Trinajstić information content (AvgIpc) is 3.39. The molecular weight excluding hydrogens is 670 g/mol. The Morgan fingerprint density at radius 2 is 1.84 bits per heavy atom. The summed E-state index contributed by atoms with van der Waals surface area (Å²) < 4.78 is 26.8. The summed E-state index contributed by atoms with van der Waals surface area (Å²) in [5, 5.41) is 12.9. The lowest BCUT2D eigenvalue weighted by atomic mass is 9.82. The van der Waals surface area contributed by atoms with Gasteiger partial charge >= 0.3 is 0 Å². The number of aliphatic hydroxyl groups excluding tert-OH is 1. The van der Waals surface area contributed by atoms with E-state index in [-0.39, 0.29) is 37.2 Å². The fraction of sp³-hybridized carbons (Fsp3) is 0.235. The van der Waals surface area contributed by atoms with Crippen LogP contribution in [-0.2, 0) is 22.4 Å². The first-order valence-corrected chi connectivity index (χ1v) is 15.7. The molecule has 228 valence electrons. The highest BCUT2D eigenvalue weighted by Gasteiger charge is 2.54. The molecule has 0 spiro atoms. The van der Waals surface area contributed by atoms with Crippen LogP contribution < -0.4 is 10.1 Å². The van der Waals surface area contributed by atoms with E-state index in [0.29, 0.717) is 46.4 Å². The Kier molecular flexibility index (Phi) is 10.6. The van der Waals surface area contributed by atoms with E-state index in [0.717, 1.165) is 15.6 Å². The van der Waals surface area contributed by atoms with Crippen molar-refractivity contribution in [3.8, 4) is 5.75 Å². The van der Waals surface area contributed by atoms with Gasteiger partial charge < -0.3 is 19.9 Å². The molecule has 0 radical (unpaired) electrons. The van der Waals surface area contributed by atoms with Crippen molar-refractivity contribution in [3.63, 3.8) is 0 Å². The number of aliphatic hydroxyl groups is 1. The molecule has 2 atom stereocenters. The summed E-state index contributed by atoms with van der Waals surface area (Å²) in [7, 11) is 0. The number of halogens is 4. The van der Waals surface area contributed by atoms with E-state index in [4.69, 9.17) is 42.8 Å². The van der Waals surface area contributed by atoms with Crippen molar-refractivity contribution in [2.45, 2.75) is 30.9 Å². The molecule has 1 amide bonds. The molecule has 1 aliphatic rings. The van der Waals surface area contributed by atoms with E-state index < -0.39 is 11.6 Å². The van der Waals surface area contributed by atoms with E-state index in [2.05, 4.69) is 21.2 Å². The van der Waals surface area contributed by atoms with Crippen LogP contribution in [0.15, 0.2) is 100 Å². The van der Waals surface area contributed by atoms with Crippen LogP contribution in [0.1, 0.15) is 34.8 Å². The molecular formula is C34H30BrCl2FN2O4. The van der Waals surface area contributed by atoms with Crippen LogP contribution in [0.25, 0.3) is 0 Å². The van der Waals surface area contributed by atoms with E-state index in [1.54, 1.807) is 36.4 Å². The first-order chi connectivity index (χ1) is 21.3. The number of carbonyl (C=O) groups is 1. The summed E-state index contributed by atoms with van der Waals surface area (Å²) >= 11 is 16.6. The predicted molar refractivity (Wildman–Crippen MR) is 174 cm³/mol. The van der Waals surface area contributed by atoms with Crippen LogP contribution >= 0.6 is 39.1 Å². The molecule has 6 nitrogen and oxygen atoms in total. The van der Waals surface area contributed by atoms with Gasteiger partial charge in [-0.3, -0.25) is 4.79 Å². The van der Waals surface area contributed by atoms with Gasteiger partial charge in [0.2, 0.25) is 5.90 Å². The van der Waals surface area contributed by atoms with Gasteiger partial charge in [0.1, 0.15) is 11.6 Å². The van der Waals surface area contributed by atoms with Crippen molar-refractivity contribution < 1.29 is 23.8 Å². The third kappa shape index (κ3) is 7.44. The first-order valence-electron chi connectivity index (χ1n) is 14.1. The monoisotopic (exact) mass is 698 g/mol. The molecule has 0 unspecified atom stereocenters. The fourth-order valence-corrected chi connectivity index (χ4v) is 6.00. The molecule has 0 saturated carbocycles. The van der Waals surface area contributed by atoms with Crippen molar-refractivity contribution >= 4 is 50.9 Å². The van der Waals surface area contributed by atoms with Gasteiger partial charge in [-0.2, -0.15) is 0 Å². The zero-order chi connectivity index (χ0) is 31.1. The third-order valence-corrected chi connectivity index (χ3v) is 8.62. The van der Waals surface area contributed by atoms with Gasteiger partial charge in [0.25, 0.3) is 5.91 Å². The van der Waals surface area contributed by atoms with E-state index >= 15 is 0 Å². The molecule has 1 aliphatic heterocycles. The van der Waals surface area contributed by atoms with Crippen LogP contribution in [0, 0.1) is 5.82 Å². The zero-order valence-corrected chi connectivity index (χ0v) is 26.7. The minimum absolute atomic E-state index is 0.0429. The van der Waals surface area contributed by atoms with Gasteiger partial charge in [0.15, 0.2) is 11.6 Å². The van der Waals surface area contributed by atoms with Crippen molar-refractivity contribution in [3.05, 3.63) is 134 Å². The van der Waals surface area contributed by atoms with Crippen LogP contribution in [0.3, 0.4) is 0 Å². The van der Waals surface area contributed by atoms with Crippen LogP contribution in [0.5, 0.6) is 5.75 Å². The minimum atomic E-state index is -1.46. The quantitative estimate of drug-likeness (QED) is 0.150. The topological polar surface area (TPSA) is 80.2 Å². The van der Waals surface area contributed by atoms with Crippen molar-refractivity contribution in [2.75, 3.05) is 19.8 Å². The molecule has 5 rings (SSSR count). The standard InChI is InChI=1S/C34H30BrCl2FN2O4/c35-29-8-2-1-6-24(29)21-34(33(42)39-16-15-22-5-3-7-26(38)19-22)31(28-14-11-25(36)20-30(28)37)44-32(40-34)23-9-12-27(13-10-23)43-18-4-17-41/h1-3,5-14,19-20,31,41H,4,15-18,21H2,(H,39,42)/t31-,34-/m1/s1. The summed E-state index contributed by atoms with van der Waals surface area (Å²) in [6.07, 6.45) is 0.239. The van der Waals surface area contributed by atoms with Crippen LogP contribution in [-0.4, -0.2) is 42.2 Å². The number of nitrogens with one attached hydrogen (secondary N) is 1. The van der Waals surface area contributed by atoms with Crippen molar-refractivity contribution in [1.82, 2.24) is 5.32 Å². The SMILES string of the molecule is O=C(NCCc1cccc(F)c1)[C@]1(Cc2ccccc2Br)N=C(c2ccc(OCCCO)cc2)O[C@@H]1c1ccc(Cl)cc1Cl. The highest BCUT2D eigenvalue weighted by molar-refractivity contribution is 9.10. The number of hydrogen-bond acceptors (Lipinski definition) is 5. The highest BCUT2D eigenvalue weighted by atomic mass is 79.9. The second-order valence-corrected chi connectivity index (χ2v) is 12.1. The Bertz CT molecular complexity index is 1650. The lowest BCUT2D eigenvalue weighted by Crippen LogP contribution is -2.50. The Balaban J connectivity index is 1.55. The third-order valence-electron chi connectivity index (χ3n) is 7.28. The molecule has 4 aromatic rings. The maximum Gasteiger partial charge on any atom is 0.252 e. The lowest BCUT2D eigenvalue weighted by Gasteiger charge is -2.31. The number of ether oxygens (including phenoxy) is 2. The number of carbonyl (C=O) groups excluding carboxylic acids is 1. The molecule has 44 heavy (non-hydrogen) atoms. The summed E-state index contributed by atoms with van der Waals surface area (Å²) in [5.74, 6) is 0.211. The number of rotatable bonds is 12. The predicted octanol–water partition coefficient (Wildman–Crippen LogP) is 7.51. The highest BCUT2D eigenvalue weighted by Crippen LogP contribution is 2.45. The fourth-order valence-electron chi connectivity index (χ4n) is 5.07. The zero-order valence-electron chi connectivity index (χ0n) is 23.6. The Morgan fingerprint density at radius 3 is 2.57 bits per heavy atom. The van der Waals surface area contributed by atoms with E-state index in [1.165, 1.54) is 12.1 Å². The molecule has 0 fully saturated rings. The van der Waals surface area contributed by atoms with Gasteiger partial charge in [-0.1, -0.05) is 75.5 Å². The van der Waals surface area contributed by atoms with Gasteiger partial charge in [-0.25, -0.2) is 9.38 Å².